The lowest BCUT2D eigenvalue weighted by atomic mass is 9.58. The minimum absolute atomic E-state index is 0.148. The second-order valence-electron chi connectivity index (χ2n) is 4.99. The minimum atomic E-state index is 0.148. The fourth-order valence-corrected chi connectivity index (χ4v) is 3.61. The van der Waals surface area contributed by atoms with Crippen LogP contribution in [0.25, 0.3) is 0 Å². The van der Waals surface area contributed by atoms with Gasteiger partial charge in [-0.05, 0) is 12.3 Å². The summed E-state index contributed by atoms with van der Waals surface area (Å²) < 4.78 is 5.57. The topological polar surface area (TPSA) is 49.9 Å². The molecule has 0 aromatic carbocycles. The van der Waals surface area contributed by atoms with Gasteiger partial charge in [-0.25, -0.2) is 4.98 Å². The first-order valence-corrected chi connectivity index (χ1v) is 5.76. The third-order valence-corrected chi connectivity index (χ3v) is 4.37. The Morgan fingerprint density at radius 1 is 1.47 bits per heavy atom. The Morgan fingerprint density at radius 2 is 2.47 bits per heavy atom. The van der Waals surface area contributed by atoms with Gasteiger partial charge in [-0.15, -0.1) is 0 Å². The Labute approximate surface area is 88.4 Å². The second-order valence-corrected chi connectivity index (χ2v) is 4.99. The highest BCUT2D eigenvalue weighted by molar-refractivity contribution is 5.31. The number of hydrogen-bond acceptors (Lipinski definition) is 3. The number of ether oxygens (including phenoxy) is 1. The summed E-state index contributed by atoms with van der Waals surface area (Å²) in [5, 5.41) is 3.68. The number of nitrogens with zero attached hydrogens (tertiary/aromatic N) is 1. The predicted molar refractivity (Wildman–Crippen MR) is 54.4 cm³/mol. The van der Waals surface area contributed by atoms with Crippen LogP contribution in [-0.2, 0) is 16.7 Å². The molecule has 2 aliphatic heterocycles. The number of fused-ring (bicyclic) bond motifs is 4. The van der Waals surface area contributed by atoms with E-state index in [1.807, 2.05) is 6.33 Å². The molecule has 15 heavy (non-hydrogen) atoms. The Bertz CT molecular complexity index is 402. The molecule has 1 saturated carbocycles. The number of aromatic nitrogens is 2. The first-order chi connectivity index (χ1) is 7.40. The average molecular weight is 205 g/mol. The van der Waals surface area contributed by atoms with Gasteiger partial charge in [0.1, 0.15) is 0 Å². The molecule has 4 nitrogen and oxygen atoms in total. The number of imidazole rings is 1. The molecule has 0 amide bonds. The lowest BCUT2D eigenvalue weighted by molar-refractivity contribution is 0.0284. The Balaban J connectivity index is 1.80. The van der Waals surface area contributed by atoms with Crippen LogP contribution in [0.1, 0.15) is 17.8 Å². The van der Waals surface area contributed by atoms with Crippen molar-refractivity contribution in [3.8, 4) is 0 Å². The number of hydrogen-bond donors (Lipinski definition) is 2. The summed E-state index contributed by atoms with van der Waals surface area (Å²) in [6.45, 7) is 2.93. The maximum atomic E-state index is 5.57. The van der Waals surface area contributed by atoms with Crippen LogP contribution in [0.5, 0.6) is 0 Å². The molecule has 1 aliphatic carbocycles. The van der Waals surface area contributed by atoms with Crippen LogP contribution in [0.2, 0.25) is 0 Å². The summed E-state index contributed by atoms with van der Waals surface area (Å²) in [6, 6.07) is 0. The molecule has 1 aromatic rings. The Kier molecular flexibility index (Phi) is 1.45. The summed E-state index contributed by atoms with van der Waals surface area (Å²) in [6.07, 6.45) is 4.12. The monoisotopic (exact) mass is 205 g/mol. The van der Waals surface area contributed by atoms with E-state index in [1.165, 1.54) is 17.8 Å². The SMILES string of the molecule is c1nc2c([nH]1)CCNC21CC2COCC21. The van der Waals surface area contributed by atoms with E-state index in [0.717, 1.165) is 32.1 Å². The van der Waals surface area contributed by atoms with Crippen molar-refractivity contribution in [3.05, 3.63) is 17.7 Å². The second kappa shape index (κ2) is 2.62. The molecule has 0 bridgehead atoms. The van der Waals surface area contributed by atoms with Crippen molar-refractivity contribution in [3.63, 3.8) is 0 Å². The third kappa shape index (κ3) is 0.874. The minimum Gasteiger partial charge on any atom is -0.381 e. The molecule has 1 saturated heterocycles. The molecule has 2 N–H and O–H groups in total. The standard InChI is InChI=1S/C11H15N3O/c1-2-14-11(10-9(1)12-6-13-10)3-7-4-15-5-8(7)11/h6-8,14H,1-5H2,(H,12,13). The van der Waals surface area contributed by atoms with Gasteiger partial charge in [-0.2, -0.15) is 0 Å². The fourth-order valence-electron chi connectivity index (χ4n) is 3.61. The normalized spacial score (nSPS) is 42.4. The first-order valence-electron chi connectivity index (χ1n) is 5.76. The zero-order chi connectivity index (χ0) is 9.88. The van der Waals surface area contributed by atoms with Gasteiger partial charge in [0.15, 0.2) is 0 Å². The van der Waals surface area contributed by atoms with Crippen molar-refractivity contribution in [1.29, 1.82) is 0 Å². The molecule has 3 atom stereocenters. The van der Waals surface area contributed by atoms with E-state index in [-0.39, 0.29) is 5.54 Å². The molecule has 1 aromatic heterocycles. The molecule has 3 aliphatic rings. The van der Waals surface area contributed by atoms with Gasteiger partial charge < -0.3 is 15.0 Å². The average Bonchev–Trinajstić information content (AvgIpc) is 2.82. The van der Waals surface area contributed by atoms with Gasteiger partial charge in [-0.1, -0.05) is 0 Å². The van der Waals surface area contributed by atoms with Crippen molar-refractivity contribution >= 4 is 0 Å². The highest BCUT2D eigenvalue weighted by Gasteiger charge is 2.59. The molecule has 2 fully saturated rings. The van der Waals surface area contributed by atoms with E-state index in [2.05, 4.69) is 15.3 Å². The van der Waals surface area contributed by atoms with Gasteiger partial charge in [-0.3, -0.25) is 0 Å². The highest BCUT2D eigenvalue weighted by atomic mass is 16.5. The number of nitrogens with one attached hydrogen (secondary N) is 2. The Morgan fingerprint density at radius 3 is 3.40 bits per heavy atom. The largest absolute Gasteiger partial charge is 0.381 e. The number of H-pyrrole nitrogens is 1. The maximum absolute atomic E-state index is 5.57. The smallest absolute Gasteiger partial charge is 0.0926 e. The van der Waals surface area contributed by atoms with Crippen molar-refractivity contribution in [2.75, 3.05) is 19.8 Å². The van der Waals surface area contributed by atoms with Crippen LogP contribution < -0.4 is 5.32 Å². The van der Waals surface area contributed by atoms with Gasteiger partial charge in [0.25, 0.3) is 0 Å². The van der Waals surface area contributed by atoms with E-state index >= 15 is 0 Å². The van der Waals surface area contributed by atoms with Gasteiger partial charge in [0.05, 0.1) is 24.2 Å². The number of rotatable bonds is 0. The molecule has 4 heteroatoms. The summed E-state index contributed by atoms with van der Waals surface area (Å²) >= 11 is 0. The van der Waals surface area contributed by atoms with Crippen LogP contribution in [0, 0.1) is 11.8 Å². The summed E-state index contributed by atoms with van der Waals surface area (Å²) in [7, 11) is 0. The van der Waals surface area contributed by atoms with Crippen LogP contribution in [-0.4, -0.2) is 29.7 Å². The summed E-state index contributed by atoms with van der Waals surface area (Å²) in [5.74, 6) is 1.42. The van der Waals surface area contributed by atoms with Crippen molar-refractivity contribution in [2.24, 2.45) is 11.8 Å². The third-order valence-electron chi connectivity index (χ3n) is 4.37. The Hall–Kier alpha value is -0.870. The van der Waals surface area contributed by atoms with Gasteiger partial charge >= 0.3 is 0 Å². The van der Waals surface area contributed by atoms with Crippen LogP contribution in [0.15, 0.2) is 6.33 Å². The molecule has 80 valence electrons. The zero-order valence-electron chi connectivity index (χ0n) is 8.62. The maximum Gasteiger partial charge on any atom is 0.0926 e. The van der Waals surface area contributed by atoms with E-state index in [9.17, 15) is 0 Å². The number of aromatic amines is 1. The molecule has 3 unspecified atom stereocenters. The van der Waals surface area contributed by atoms with E-state index in [1.54, 1.807) is 0 Å². The highest BCUT2D eigenvalue weighted by Crippen LogP contribution is 2.54. The zero-order valence-corrected chi connectivity index (χ0v) is 8.62. The van der Waals surface area contributed by atoms with Crippen LogP contribution in [0.3, 0.4) is 0 Å². The van der Waals surface area contributed by atoms with E-state index in [0.29, 0.717) is 5.92 Å². The van der Waals surface area contributed by atoms with Gasteiger partial charge in [0, 0.05) is 31.2 Å². The van der Waals surface area contributed by atoms with Crippen molar-refractivity contribution < 1.29 is 4.74 Å². The lowest BCUT2D eigenvalue weighted by Crippen LogP contribution is -2.62. The van der Waals surface area contributed by atoms with Gasteiger partial charge in [0.2, 0.25) is 0 Å². The molecule has 1 spiro atoms. The predicted octanol–water partition coefficient (Wildman–Crippen LogP) is 0.417. The molecule has 0 radical (unpaired) electrons. The summed E-state index contributed by atoms with van der Waals surface area (Å²) in [4.78, 5) is 7.79. The van der Waals surface area contributed by atoms with Crippen LogP contribution in [0.4, 0.5) is 0 Å². The first kappa shape index (κ1) is 8.30. The fraction of sp³-hybridized carbons (Fsp3) is 0.727. The molecule has 4 rings (SSSR count). The van der Waals surface area contributed by atoms with Crippen molar-refractivity contribution in [1.82, 2.24) is 15.3 Å². The van der Waals surface area contributed by atoms with Crippen LogP contribution >= 0.6 is 0 Å². The molecule has 3 heterocycles. The lowest BCUT2D eigenvalue weighted by Gasteiger charge is -2.53. The van der Waals surface area contributed by atoms with E-state index < -0.39 is 0 Å². The summed E-state index contributed by atoms with van der Waals surface area (Å²) in [5.41, 5.74) is 2.74. The molecular weight excluding hydrogens is 190 g/mol. The quantitative estimate of drug-likeness (QED) is 0.645. The van der Waals surface area contributed by atoms with E-state index in [4.69, 9.17) is 4.74 Å². The van der Waals surface area contributed by atoms with Crippen molar-refractivity contribution in [2.45, 2.75) is 18.4 Å². The molecular formula is C11H15N3O.